The zero-order valence-electron chi connectivity index (χ0n) is 14.4. The lowest BCUT2D eigenvalue weighted by atomic mass is 10.3. The average molecular weight is 415 g/mol. The van der Waals surface area contributed by atoms with Crippen LogP contribution >= 0.6 is 11.8 Å². The predicted molar refractivity (Wildman–Crippen MR) is 98.6 cm³/mol. The fraction of sp³-hybridized carbons (Fsp3) is 0.333. The molecule has 146 valence electrons. The molecule has 0 unspecified atom stereocenters. The summed E-state index contributed by atoms with van der Waals surface area (Å²) in [7, 11) is -3.53. The van der Waals surface area contributed by atoms with Gasteiger partial charge >= 0.3 is 0 Å². The first-order valence-corrected chi connectivity index (χ1v) is 10.8. The molecular weight excluding hydrogens is 396 g/mol. The Labute approximate surface area is 161 Å². The molecule has 1 aliphatic rings. The highest BCUT2D eigenvalue weighted by molar-refractivity contribution is 7.99. The van der Waals surface area contributed by atoms with E-state index in [1.165, 1.54) is 16.4 Å². The number of nitrogens with zero attached hydrogens (tertiary/aromatic N) is 1. The van der Waals surface area contributed by atoms with Crippen molar-refractivity contribution in [1.29, 1.82) is 0 Å². The number of halogens is 2. The van der Waals surface area contributed by atoms with Crippen LogP contribution in [-0.2, 0) is 14.8 Å². The number of sulfonamides is 1. The Morgan fingerprint density at radius 2 is 1.78 bits per heavy atom. The SMILES string of the molecule is O=S(=O)(c1ccc(OCCSc2cc(F)ccc2F)cc1)N1CCOCC1. The second kappa shape index (κ2) is 9.01. The molecule has 0 spiro atoms. The van der Waals surface area contributed by atoms with Crippen molar-refractivity contribution in [3.05, 3.63) is 54.1 Å². The molecule has 5 nitrogen and oxygen atoms in total. The van der Waals surface area contributed by atoms with E-state index in [2.05, 4.69) is 0 Å². The molecule has 0 amide bonds. The minimum Gasteiger partial charge on any atom is -0.493 e. The van der Waals surface area contributed by atoms with Crippen molar-refractivity contribution in [2.45, 2.75) is 9.79 Å². The number of morpholine rings is 1. The van der Waals surface area contributed by atoms with Crippen LogP contribution in [0.5, 0.6) is 5.75 Å². The standard InChI is InChI=1S/C18H19F2NO4S2/c19-14-1-6-17(20)18(13-14)26-12-11-25-15-2-4-16(5-3-15)27(22,23)21-7-9-24-10-8-21/h1-6,13H,7-12H2. The molecule has 0 aromatic heterocycles. The quantitative estimate of drug-likeness (QED) is 0.514. The summed E-state index contributed by atoms with van der Waals surface area (Å²) >= 11 is 1.15. The molecule has 27 heavy (non-hydrogen) atoms. The highest BCUT2D eigenvalue weighted by Gasteiger charge is 2.26. The van der Waals surface area contributed by atoms with Gasteiger partial charge in [-0.3, -0.25) is 0 Å². The van der Waals surface area contributed by atoms with E-state index < -0.39 is 21.7 Å². The first kappa shape index (κ1) is 20.1. The molecule has 0 saturated carbocycles. The van der Waals surface area contributed by atoms with Gasteiger partial charge in [0.05, 0.1) is 24.7 Å². The van der Waals surface area contributed by atoms with Crippen molar-refractivity contribution < 1.29 is 26.7 Å². The van der Waals surface area contributed by atoms with E-state index in [4.69, 9.17) is 9.47 Å². The summed E-state index contributed by atoms with van der Waals surface area (Å²) in [5, 5.41) is 0. The molecule has 0 N–H and O–H groups in total. The second-order valence-electron chi connectivity index (χ2n) is 5.76. The van der Waals surface area contributed by atoms with Gasteiger partial charge in [-0.15, -0.1) is 11.8 Å². The average Bonchev–Trinajstić information content (AvgIpc) is 2.69. The van der Waals surface area contributed by atoms with Crippen molar-refractivity contribution >= 4 is 21.8 Å². The van der Waals surface area contributed by atoms with E-state index in [0.29, 0.717) is 37.8 Å². The number of hydrogen-bond donors (Lipinski definition) is 0. The molecule has 0 atom stereocenters. The molecule has 0 radical (unpaired) electrons. The molecule has 2 aromatic carbocycles. The smallest absolute Gasteiger partial charge is 0.243 e. The molecule has 1 heterocycles. The Morgan fingerprint density at radius 3 is 2.48 bits per heavy atom. The van der Waals surface area contributed by atoms with Crippen molar-refractivity contribution in [3.63, 3.8) is 0 Å². The number of thioether (sulfide) groups is 1. The fourth-order valence-corrected chi connectivity index (χ4v) is 4.74. The monoisotopic (exact) mass is 415 g/mol. The van der Waals surface area contributed by atoms with E-state index in [-0.39, 0.29) is 16.4 Å². The van der Waals surface area contributed by atoms with Crippen LogP contribution in [0, 0.1) is 11.6 Å². The summed E-state index contributed by atoms with van der Waals surface area (Å²) < 4.78 is 63.8. The minimum absolute atomic E-state index is 0.202. The van der Waals surface area contributed by atoms with Gasteiger partial charge in [0.2, 0.25) is 10.0 Å². The van der Waals surface area contributed by atoms with Crippen molar-refractivity contribution in [2.24, 2.45) is 0 Å². The third-order valence-electron chi connectivity index (χ3n) is 3.93. The summed E-state index contributed by atoms with van der Waals surface area (Å²) in [6.07, 6.45) is 0. The van der Waals surface area contributed by atoms with Crippen LogP contribution in [-0.4, -0.2) is 51.4 Å². The summed E-state index contributed by atoms with van der Waals surface area (Å²) in [6, 6.07) is 9.47. The molecule has 1 saturated heterocycles. The predicted octanol–water partition coefficient (Wildman–Crippen LogP) is 3.16. The maximum Gasteiger partial charge on any atom is 0.243 e. The molecule has 0 bridgehead atoms. The van der Waals surface area contributed by atoms with Gasteiger partial charge in [0.15, 0.2) is 0 Å². The number of rotatable bonds is 7. The molecule has 1 aliphatic heterocycles. The fourth-order valence-electron chi connectivity index (χ4n) is 2.54. The van der Waals surface area contributed by atoms with E-state index in [0.717, 1.165) is 30.0 Å². The van der Waals surface area contributed by atoms with Crippen LogP contribution in [0.15, 0.2) is 52.3 Å². The van der Waals surface area contributed by atoms with Crippen LogP contribution in [0.2, 0.25) is 0 Å². The van der Waals surface area contributed by atoms with Crippen molar-refractivity contribution in [2.75, 3.05) is 38.7 Å². The maximum atomic E-state index is 13.5. The Kier molecular flexibility index (Phi) is 6.69. The van der Waals surface area contributed by atoms with Gasteiger partial charge in [0, 0.05) is 23.7 Å². The van der Waals surface area contributed by atoms with Gasteiger partial charge in [0.25, 0.3) is 0 Å². The summed E-state index contributed by atoms with van der Waals surface area (Å²) in [6.45, 7) is 1.74. The lowest BCUT2D eigenvalue weighted by Gasteiger charge is -2.26. The molecule has 9 heteroatoms. The van der Waals surface area contributed by atoms with Gasteiger partial charge in [-0.25, -0.2) is 17.2 Å². The van der Waals surface area contributed by atoms with Crippen LogP contribution < -0.4 is 4.74 Å². The Hall–Kier alpha value is -1.68. The van der Waals surface area contributed by atoms with E-state index in [9.17, 15) is 17.2 Å². The Bertz CT molecular complexity index is 869. The van der Waals surface area contributed by atoms with Crippen LogP contribution in [0.3, 0.4) is 0 Å². The second-order valence-corrected chi connectivity index (χ2v) is 8.83. The number of benzene rings is 2. The first-order chi connectivity index (χ1) is 13.0. The first-order valence-electron chi connectivity index (χ1n) is 8.35. The minimum atomic E-state index is -3.53. The van der Waals surface area contributed by atoms with Gasteiger partial charge in [-0.05, 0) is 42.5 Å². The van der Waals surface area contributed by atoms with Crippen molar-refractivity contribution in [1.82, 2.24) is 4.31 Å². The Morgan fingerprint density at radius 1 is 1.07 bits per heavy atom. The van der Waals surface area contributed by atoms with Gasteiger partial charge in [-0.2, -0.15) is 4.31 Å². The lowest BCUT2D eigenvalue weighted by Crippen LogP contribution is -2.40. The molecular formula is C18H19F2NO4S2. The zero-order valence-corrected chi connectivity index (χ0v) is 16.1. The highest BCUT2D eigenvalue weighted by Crippen LogP contribution is 2.24. The van der Waals surface area contributed by atoms with Crippen LogP contribution in [0.4, 0.5) is 8.78 Å². The third kappa shape index (κ3) is 5.19. The molecule has 0 aliphatic carbocycles. The Balaban J connectivity index is 1.52. The zero-order chi connectivity index (χ0) is 19.3. The van der Waals surface area contributed by atoms with Crippen molar-refractivity contribution in [3.8, 4) is 5.75 Å². The van der Waals surface area contributed by atoms with Gasteiger partial charge < -0.3 is 9.47 Å². The molecule has 3 rings (SSSR count). The summed E-state index contributed by atoms with van der Waals surface area (Å²) in [5.41, 5.74) is 0. The molecule has 2 aromatic rings. The van der Waals surface area contributed by atoms with E-state index >= 15 is 0 Å². The lowest BCUT2D eigenvalue weighted by molar-refractivity contribution is 0.0730. The highest BCUT2D eigenvalue weighted by atomic mass is 32.2. The summed E-state index contributed by atoms with van der Waals surface area (Å²) in [5.74, 6) is -0.0269. The van der Waals surface area contributed by atoms with Crippen LogP contribution in [0.1, 0.15) is 0 Å². The van der Waals surface area contributed by atoms with E-state index in [1.54, 1.807) is 12.1 Å². The number of ether oxygens (including phenoxy) is 2. The third-order valence-corrected chi connectivity index (χ3v) is 6.84. The maximum absolute atomic E-state index is 13.5. The molecule has 1 fully saturated rings. The van der Waals surface area contributed by atoms with Crippen LogP contribution in [0.25, 0.3) is 0 Å². The van der Waals surface area contributed by atoms with Gasteiger partial charge in [0.1, 0.15) is 17.4 Å². The normalized spacial score (nSPS) is 15.6. The number of hydrogen-bond acceptors (Lipinski definition) is 5. The van der Waals surface area contributed by atoms with E-state index in [1.807, 2.05) is 0 Å². The summed E-state index contributed by atoms with van der Waals surface area (Å²) in [4.78, 5) is 0.429. The van der Waals surface area contributed by atoms with Gasteiger partial charge in [-0.1, -0.05) is 0 Å². The topological polar surface area (TPSA) is 55.8 Å². The largest absolute Gasteiger partial charge is 0.493 e.